The van der Waals surface area contributed by atoms with E-state index in [0.717, 1.165) is 15.6 Å². The Morgan fingerprint density at radius 3 is 2.54 bits per heavy atom. The number of carbonyl (C=O) groups is 1. The van der Waals surface area contributed by atoms with Crippen LogP contribution in [0.15, 0.2) is 53.0 Å². The number of esters is 1. The van der Waals surface area contributed by atoms with E-state index in [-0.39, 0.29) is 5.97 Å². The smallest absolute Gasteiger partial charge is 0.330 e. The number of rotatable bonds is 7. The lowest BCUT2D eigenvalue weighted by molar-refractivity contribution is -0.137. The predicted molar refractivity (Wildman–Crippen MR) is 97.1 cm³/mol. The van der Waals surface area contributed by atoms with Crippen molar-refractivity contribution in [1.29, 1.82) is 0 Å². The molecule has 5 heteroatoms. The molecule has 0 aliphatic rings. The molecule has 4 nitrogen and oxygen atoms in total. The maximum absolute atomic E-state index is 11.4. The number of benzene rings is 2. The van der Waals surface area contributed by atoms with Crippen LogP contribution in [0.25, 0.3) is 6.08 Å². The predicted octanol–water partition coefficient (Wildman–Crippen LogP) is 4.61. The topological polar surface area (TPSA) is 44.8 Å². The molecule has 24 heavy (non-hydrogen) atoms. The molecule has 0 aliphatic carbocycles. The van der Waals surface area contributed by atoms with E-state index >= 15 is 0 Å². The summed E-state index contributed by atoms with van der Waals surface area (Å²) in [6, 6.07) is 13.4. The summed E-state index contributed by atoms with van der Waals surface area (Å²) < 4.78 is 17.1. The summed E-state index contributed by atoms with van der Waals surface area (Å²) in [6.07, 6.45) is 3.07. The van der Waals surface area contributed by atoms with Crippen LogP contribution < -0.4 is 9.47 Å². The number of carbonyl (C=O) groups excluding carboxylic acids is 1. The van der Waals surface area contributed by atoms with Crippen molar-refractivity contribution < 1.29 is 19.0 Å². The van der Waals surface area contributed by atoms with Crippen LogP contribution in [0.1, 0.15) is 18.1 Å². The Balaban J connectivity index is 2.05. The molecule has 0 saturated heterocycles. The largest absolute Gasteiger partial charge is 0.493 e. The van der Waals surface area contributed by atoms with E-state index in [1.165, 1.54) is 6.08 Å². The number of halogens is 1. The van der Waals surface area contributed by atoms with Crippen LogP contribution in [0.3, 0.4) is 0 Å². The SMILES string of the molecule is CCOC(=O)/C=C/c1ccc(OCc2ccc(Br)cc2)c(OC)c1. The molecule has 0 spiro atoms. The van der Waals surface area contributed by atoms with Gasteiger partial charge in [0.2, 0.25) is 0 Å². The second-order valence-electron chi connectivity index (χ2n) is 4.91. The third-order valence-electron chi connectivity index (χ3n) is 3.19. The van der Waals surface area contributed by atoms with Gasteiger partial charge in [0.15, 0.2) is 11.5 Å². The second kappa shape index (κ2) is 9.13. The van der Waals surface area contributed by atoms with E-state index < -0.39 is 0 Å². The highest BCUT2D eigenvalue weighted by Gasteiger charge is 2.06. The Hall–Kier alpha value is -2.27. The van der Waals surface area contributed by atoms with E-state index in [9.17, 15) is 4.79 Å². The Kier molecular flexibility index (Phi) is 6.88. The molecular weight excluding hydrogens is 372 g/mol. The van der Waals surface area contributed by atoms with E-state index in [1.807, 2.05) is 42.5 Å². The van der Waals surface area contributed by atoms with Gasteiger partial charge in [-0.3, -0.25) is 0 Å². The van der Waals surface area contributed by atoms with Crippen molar-refractivity contribution in [3.63, 3.8) is 0 Å². The van der Waals surface area contributed by atoms with Crippen molar-refractivity contribution in [2.24, 2.45) is 0 Å². The average molecular weight is 391 g/mol. The minimum absolute atomic E-state index is 0.356. The number of hydrogen-bond acceptors (Lipinski definition) is 4. The van der Waals surface area contributed by atoms with Gasteiger partial charge in [-0.1, -0.05) is 34.1 Å². The lowest BCUT2D eigenvalue weighted by Gasteiger charge is -2.11. The Bertz CT molecular complexity index is 708. The number of hydrogen-bond donors (Lipinski definition) is 0. The molecule has 2 rings (SSSR count). The third kappa shape index (κ3) is 5.42. The van der Waals surface area contributed by atoms with Gasteiger partial charge in [0, 0.05) is 10.5 Å². The van der Waals surface area contributed by atoms with Gasteiger partial charge in [-0.05, 0) is 48.4 Å². The van der Waals surface area contributed by atoms with Gasteiger partial charge in [0.25, 0.3) is 0 Å². The number of methoxy groups -OCH3 is 1. The highest BCUT2D eigenvalue weighted by Crippen LogP contribution is 2.29. The quantitative estimate of drug-likeness (QED) is 0.511. The summed E-state index contributed by atoms with van der Waals surface area (Å²) in [7, 11) is 1.58. The molecule has 0 N–H and O–H groups in total. The van der Waals surface area contributed by atoms with Crippen LogP contribution in [-0.4, -0.2) is 19.7 Å². The van der Waals surface area contributed by atoms with E-state index in [0.29, 0.717) is 24.7 Å². The molecule has 0 aliphatic heterocycles. The molecular formula is C19H19BrO4. The first-order valence-corrected chi connectivity index (χ1v) is 8.31. The maximum atomic E-state index is 11.4. The fourth-order valence-electron chi connectivity index (χ4n) is 2.00. The molecule has 0 atom stereocenters. The van der Waals surface area contributed by atoms with Crippen LogP contribution >= 0.6 is 15.9 Å². The Labute approximate surface area is 150 Å². The standard InChI is InChI=1S/C19H19BrO4/c1-3-23-19(21)11-7-14-6-10-17(18(12-14)22-2)24-13-15-4-8-16(20)9-5-15/h4-12H,3,13H2,1-2H3/b11-7+. The van der Waals surface area contributed by atoms with Crippen molar-refractivity contribution in [2.75, 3.05) is 13.7 Å². The molecule has 2 aromatic carbocycles. The molecule has 0 amide bonds. The molecule has 2 aromatic rings. The average Bonchev–Trinajstić information content (AvgIpc) is 2.60. The van der Waals surface area contributed by atoms with E-state index in [2.05, 4.69) is 15.9 Å². The van der Waals surface area contributed by atoms with Gasteiger partial charge in [0.05, 0.1) is 13.7 Å². The number of ether oxygens (including phenoxy) is 3. The zero-order valence-electron chi connectivity index (χ0n) is 13.6. The van der Waals surface area contributed by atoms with Crippen LogP contribution in [-0.2, 0) is 16.1 Å². The van der Waals surface area contributed by atoms with Gasteiger partial charge in [-0.2, -0.15) is 0 Å². The molecule has 0 aromatic heterocycles. The first-order valence-electron chi connectivity index (χ1n) is 7.52. The lowest BCUT2D eigenvalue weighted by atomic mass is 10.2. The fraction of sp³-hybridized carbons (Fsp3) is 0.211. The van der Waals surface area contributed by atoms with Crippen molar-refractivity contribution in [1.82, 2.24) is 0 Å². The molecule has 0 heterocycles. The Morgan fingerprint density at radius 2 is 1.88 bits per heavy atom. The normalized spacial score (nSPS) is 10.6. The van der Waals surface area contributed by atoms with Gasteiger partial charge in [-0.25, -0.2) is 4.79 Å². The zero-order valence-corrected chi connectivity index (χ0v) is 15.2. The summed E-state index contributed by atoms with van der Waals surface area (Å²) >= 11 is 3.41. The molecule has 0 saturated carbocycles. The highest BCUT2D eigenvalue weighted by atomic mass is 79.9. The van der Waals surface area contributed by atoms with Crippen molar-refractivity contribution in [3.8, 4) is 11.5 Å². The molecule has 0 unspecified atom stereocenters. The van der Waals surface area contributed by atoms with Crippen LogP contribution in [0, 0.1) is 0 Å². The second-order valence-corrected chi connectivity index (χ2v) is 5.83. The van der Waals surface area contributed by atoms with Crippen molar-refractivity contribution >= 4 is 28.0 Å². The summed E-state index contributed by atoms with van der Waals surface area (Å²) in [5, 5.41) is 0. The highest BCUT2D eigenvalue weighted by molar-refractivity contribution is 9.10. The summed E-state index contributed by atoms with van der Waals surface area (Å²) in [5.41, 5.74) is 1.89. The molecule has 0 radical (unpaired) electrons. The monoisotopic (exact) mass is 390 g/mol. The first-order chi connectivity index (χ1) is 11.6. The van der Waals surface area contributed by atoms with Gasteiger partial charge in [0.1, 0.15) is 6.61 Å². The van der Waals surface area contributed by atoms with Gasteiger partial charge < -0.3 is 14.2 Å². The Morgan fingerprint density at radius 1 is 1.12 bits per heavy atom. The van der Waals surface area contributed by atoms with E-state index in [4.69, 9.17) is 14.2 Å². The fourth-order valence-corrected chi connectivity index (χ4v) is 2.27. The minimum Gasteiger partial charge on any atom is -0.493 e. The van der Waals surface area contributed by atoms with Crippen LogP contribution in [0.4, 0.5) is 0 Å². The molecule has 126 valence electrons. The summed E-state index contributed by atoms with van der Waals surface area (Å²) in [6.45, 7) is 2.57. The van der Waals surface area contributed by atoms with Crippen LogP contribution in [0.2, 0.25) is 0 Å². The van der Waals surface area contributed by atoms with Crippen molar-refractivity contribution in [3.05, 3.63) is 64.1 Å². The third-order valence-corrected chi connectivity index (χ3v) is 3.72. The summed E-state index contributed by atoms with van der Waals surface area (Å²) in [5.74, 6) is 0.888. The van der Waals surface area contributed by atoms with Crippen molar-refractivity contribution in [2.45, 2.75) is 13.5 Å². The van der Waals surface area contributed by atoms with Crippen LogP contribution in [0.5, 0.6) is 11.5 Å². The molecule has 0 bridgehead atoms. The zero-order chi connectivity index (χ0) is 17.4. The summed E-state index contributed by atoms with van der Waals surface area (Å²) in [4.78, 5) is 11.4. The lowest BCUT2D eigenvalue weighted by Crippen LogP contribution is -1.99. The van der Waals surface area contributed by atoms with Gasteiger partial charge >= 0.3 is 5.97 Å². The molecule has 0 fully saturated rings. The van der Waals surface area contributed by atoms with Gasteiger partial charge in [-0.15, -0.1) is 0 Å². The minimum atomic E-state index is -0.368. The first kappa shape index (κ1) is 18.1. The maximum Gasteiger partial charge on any atom is 0.330 e. The van der Waals surface area contributed by atoms with E-state index in [1.54, 1.807) is 20.1 Å².